The zero-order chi connectivity index (χ0) is 12.1. The lowest BCUT2D eigenvalue weighted by molar-refractivity contribution is 0.178. The number of aliphatic hydroxyl groups is 2. The minimum Gasteiger partial charge on any atom is -0.392 e. The van der Waals surface area contributed by atoms with Crippen LogP contribution in [0.15, 0.2) is 24.3 Å². The Hall–Kier alpha value is -1.13. The summed E-state index contributed by atoms with van der Waals surface area (Å²) in [5, 5.41) is 18.7. The molecule has 1 aromatic carbocycles. The quantitative estimate of drug-likeness (QED) is 0.799. The summed E-state index contributed by atoms with van der Waals surface area (Å²) in [4.78, 5) is 1.64. The van der Waals surface area contributed by atoms with E-state index in [4.69, 9.17) is 0 Å². The van der Waals surface area contributed by atoms with Gasteiger partial charge in [0.25, 0.3) is 0 Å². The lowest BCUT2D eigenvalue weighted by Crippen LogP contribution is -2.36. The Kier molecular flexibility index (Phi) is 4.71. The molecule has 0 saturated carbocycles. The van der Waals surface area contributed by atoms with Crippen molar-refractivity contribution in [2.45, 2.75) is 26.1 Å². The number of hydrogen-bond acceptors (Lipinski definition) is 3. The second-order valence-corrected chi connectivity index (χ2v) is 4.05. The van der Waals surface area contributed by atoms with E-state index in [2.05, 4.69) is 0 Å². The van der Waals surface area contributed by atoms with Crippen LogP contribution in [-0.4, -0.2) is 35.5 Å². The fourth-order valence-electron chi connectivity index (χ4n) is 1.62. The van der Waals surface area contributed by atoms with Crippen LogP contribution in [0.2, 0.25) is 0 Å². The van der Waals surface area contributed by atoms with Gasteiger partial charge in [-0.15, -0.1) is 0 Å². The number of benzene rings is 1. The fraction of sp³-hybridized carbons (Fsp3) is 0.500. The Bertz CT molecular complexity index is 319. The van der Waals surface area contributed by atoms with Crippen LogP contribution in [0.1, 0.15) is 13.8 Å². The van der Waals surface area contributed by atoms with Crippen molar-refractivity contribution in [3.8, 4) is 0 Å². The van der Waals surface area contributed by atoms with Crippen molar-refractivity contribution < 1.29 is 14.6 Å². The summed E-state index contributed by atoms with van der Waals surface area (Å²) in [6, 6.07) is 6.35. The molecule has 0 aromatic heterocycles. The van der Waals surface area contributed by atoms with Crippen molar-refractivity contribution in [3.63, 3.8) is 0 Å². The van der Waals surface area contributed by atoms with Gasteiger partial charge in [0.15, 0.2) is 0 Å². The maximum absolute atomic E-state index is 13.5. The topological polar surface area (TPSA) is 43.7 Å². The Morgan fingerprint density at radius 1 is 1.12 bits per heavy atom. The average Bonchev–Trinajstić information content (AvgIpc) is 2.15. The highest BCUT2D eigenvalue weighted by Crippen LogP contribution is 2.19. The highest BCUT2D eigenvalue weighted by atomic mass is 19.1. The normalized spacial score (nSPS) is 14.6. The first-order valence-electron chi connectivity index (χ1n) is 5.36. The molecule has 0 fully saturated rings. The summed E-state index contributed by atoms with van der Waals surface area (Å²) in [7, 11) is 0. The molecule has 1 rings (SSSR count). The summed E-state index contributed by atoms with van der Waals surface area (Å²) < 4.78 is 13.5. The SMILES string of the molecule is CC(O)CN(CC(C)O)c1ccccc1F. The number of hydrogen-bond donors (Lipinski definition) is 2. The highest BCUT2D eigenvalue weighted by Gasteiger charge is 2.14. The number of aliphatic hydroxyl groups excluding tert-OH is 2. The molecule has 0 aliphatic carbocycles. The predicted octanol–water partition coefficient (Wildman–Crippen LogP) is 1.39. The monoisotopic (exact) mass is 227 g/mol. The van der Waals surface area contributed by atoms with Gasteiger partial charge in [0.05, 0.1) is 17.9 Å². The average molecular weight is 227 g/mol. The molecule has 0 aliphatic heterocycles. The summed E-state index contributed by atoms with van der Waals surface area (Å²) in [6.07, 6.45) is -1.14. The van der Waals surface area contributed by atoms with Crippen molar-refractivity contribution >= 4 is 5.69 Å². The van der Waals surface area contributed by atoms with E-state index in [1.165, 1.54) is 6.07 Å². The molecule has 0 amide bonds. The van der Waals surface area contributed by atoms with E-state index in [9.17, 15) is 14.6 Å². The minimum atomic E-state index is -0.571. The molecule has 1 aromatic rings. The smallest absolute Gasteiger partial charge is 0.146 e. The number of nitrogens with zero attached hydrogens (tertiary/aromatic N) is 1. The third-order valence-corrected chi connectivity index (χ3v) is 2.16. The molecular formula is C12H18FNO2. The van der Waals surface area contributed by atoms with E-state index < -0.39 is 12.2 Å². The molecule has 0 radical (unpaired) electrons. The van der Waals surface area contributed by atoms with Crippen LogP contribution in [-0.2, 0) is 0 Å². The van der Waals surface area contributed by atoms with E-state index in [0.717, 1.165) is 0 Å². The molecule has 4 heteroatoms. The second kappa shape index (κ2) is 5.82. The molecule has 0 bridgehead atoms. The molecule has 0 saturated heterocycles. The van der Waals surface area contributed by atoms with Crippen molar-refractivity contribution in [1.82, 2.24) is 0 Å². The standard InChI is InChI=1S/C12H18FNO2/c1-9(15)7-14(8-10(2)16)12-6-4-3-5-11(12)13/h3-6,9-10,15-16H,7-8H2,1-2H3. The summed E-state index contributed by atoms with van der Waals surface area (Å²) in [6.45, 7) is 3.86. The van der Waals surface area contributed by atoms with Gasteiger partial charge in [-0.25, -0.2) is 4.39 Å². The van der Waals surface area contributed by atoms with Crippen LogP contribution in [0, 0.1) is 5.82 Å². The first kappa shape index (κ1) is 12.9. The van der Waals surface area contributed by atoms with Gasteiger partial charge in [-0.3, -0.25) is 0 Å². The molecule has 2 unspecified atom stereocenters. The predicted molar refractivity (Wildman–Crippen MR) is 62.0 cm³/mol. The molecule has 0 spiro atoms. The van der Waals surface area contributed by atoms with E-state index >= 15 is 0 Å². The van der Waals surface area contributed by atoms with E-state index in [0.29, 0.717) is 18.8 Å². The zero-order valence-electron chi connectivity index (χ0n) is 9.60. The van der Waals surface area contributed by atoms with Crippen LogP contribution >= 0.6 is 0 Å². The van der Waals surface area contributed by atoms with Crippen LogP contribution in [0.25, 0.3) is 0 Å². The van der Waals surface area contributed by atoms with Crippen molar-refractivity contribution in [1.29, 1.82) is 0 Å². The van der Waals surface area contributed by atoms with Crippen LogP contribution in [0.3, 0.4) is 0 Å². The maximum Gasteiger partial charge on any atom is 0.146 e. The van der Waals surface area contributed by atoms with Crippen LogP contribution in [0.4, 0.5) is 10.1 Å². The Balaban J connectivity index is 2.87. The number of rotatable bonds is 5. The Morgan fingerprint density at radius 3 is 2.06 bits per heavy atom. The van der Waals surface area contributed by atoms with Gasteiger partial charge >= 0.3 is 0 Å². The fourth-order valence-corrected chi connectivity index (χ4v) is 1.62. The van der Waals surface area contributed by atoms with Crippen molar-refractivity contribution in [2.75, 3.05) is 18.0 Å². The van der Waals surface area contributed by atoms with Gasteiger partial charge in [-0.1, -0.05) is 12.1 Å². The first-order chi connectivity index (χ1) is 7.50. The largest absolute Gasteiger partial charge is 0.392 e. The van der Waals surface area contributed by atoms with E-state index in [1.807, 2.05) is 0 Å². The molecule has 16 heavy (non-hydrogen) atoms. The summed E-state index contributed by atoms with van der Waals surface area (Å²) in [5.74, 6) is -0.344. The number of anilines is 1. The zero-order valence-corrected chi connectivity index (χ0v) is 9.60. The minimum absolute atomic E-state index is 0.297. The van der Waals surface area contributed by atoms with Gasteiger partial charge in [0.2, 0.25) is 0 Å². The number of para-hydroxylation sites is 1. The molecule has 3 nitrogen and oxygen atoms in total. The van der Waals surface area contributed by atoms with E-state index in [-0.39, 0.29) is 5.82 Å². The van der Waals surface area contributed by atoms with Crippen molar-refractivity contribution in [3.05, 3.63) is 30.1 Å². The molecule has 0 heterocycles. The molecular weight excluding hydrogens is 209 g/mol. The lowest BCUT2D eigenvalue weighted by atomic mass is 10.2. The molecule has 0 aliphatic rings. The van der Waals surface area contributed by atoms with Crippen molar-refractivity contribution in [2.24, 2.45) is 0 Å². The second-order valence-electron chi connectivity index (χ2n) is 4.05. The Labute approximate surface area is 95.1 Å². The summed E-state index contributed by atoms with van der Waals surface area (Å²) in [5.41, 5.74) is 0.407. The van der Waals surface area contributed by atoms with Gasteiger partial charge in [0, 0.05) is 13.1 Å². The van der Waals surface area contributed by atoms with Gasteiger partial charge in [-0.05, 0) is 26.0 Å². The third-order valence-electron chi connectivity index (χ3n) is 2.16. The molecule has 2 N–H and O–H groups in total. The first-order valence-corrected chi connectivity index (χ1v) is 5.36. The van der Waals surface area contributed by atoms with Gasteiger partial charge < -0.3 is 15.1 Å². The third kappa shape index (κ3) is 3.79. The molecule has 90 valence electrons. The van der Waals surface area contributed by atoms with Crippen LogP contribution in [0.5, 0.6) is 0 Å². The molecule has 2 atom stereocenters. The number of halogens is 1. The van der Waals surface area contributed by atoms with E-state index in [1.54, 1.807) is 36.9 Å². The Morgan fingerprint density at radius 2 is 1.62 bits per heavy atom. The van der Waals surface area contributed by atoms with Gasteiger partial charge in [-0.2, -0.15) is 0 Å². The lowest BCUT2D eigenvalue weighted by Gasteiger charge is -2.27. The maximum atomic E-state index is 13.5. The van der Waals surface area contributed by atoms with Gasteiger partial charge in [0.1, 0.15) is 5.82 Å². The summed E-state index contributed by atoms with van der Waals surface area (Å²) >= 11 is 0. The highest BCUT2D eigenvalue weighted by molar-refractivity contribution is 5.47. The van der Waals surface area contributed by atoms with Crippen LogP contribution < -0.4 is 4.90 Å².